The lowest BCUT2D eigenvalue weighted by molar-refractivity contribution is -0.132. The van der Waals surface area contributed by atoms with Crippen LogP contribution in [0.25, 0.3) is 11.0 Å². The van der Waals surface area contributed by atoms with Gasteiger partial charge in [-0.05, 0) is 43.7 Å². The summed E-state index contributed by atoms with van der Waals surface area (Å²) in [6.07, 6.45) is 0.221. The number of hydrogen-bond acceptors (Lipinski definition) is 4. The average Bonchev–Trinajstić information content (AvgIpc) is 3.05. The summed E-state index contributed by atoms with van der Waals surface area (Å²) in [5, 5.41) is 4.96. The van der Waals surface area contributed by atoms with Crippen LogP contribution in [0.4, 0.5) is 0 Å². The molecule has 1 heterocycles. The van der Waals surface area contributed by atoms with E-state index in [0.717, 1.165) is 16.7 Å². The van der Waals surface area contributed by atoms with Crippen molar-refractivity contribution in [1.29, 1.82) is 0 Å². The summed E-state index contributed by atoms with van der Waals surface area (Å²) < 4.78 is 10.6. The van der Waals surface area contributed by atoms with Crippen LogP contribution in [-0.4, -0.2) is 29.6 Å². The minimum absolute atomic E-state index is 0.0249. The summed E-state index contributed by atoms with van der Waals surface area (Å²) in [5.74, 6) is 0.812. The standard InChI is InChI=1S/C20H22N2O3/c1-4-22(14(2)15-8-7-9-16(12-15)24-3)20(23)13-18-17-10-5-6-11-19(17)25-21-18/h5-12,14H,4,13H2,1-3H3/t14-/m1/s1. The molecule has 0 aliphatic rings. The number of carbonyl (C=O) groups is 1. The fourth-order valence-electron chi connectivity index (χ4n) is 3.06. The number of nitrogens with zero attached hydrogens (tertiary/aromatic N) is 2. The van der Waals surface area contributed by atoms with Crippen LogP contribution in [0, 0.1) is 0 Å². The number of aromatic nitrogens is 1. The maximum absolute atomic E-state index is 12.9. The highest BCUT2D eigenvalue weighted by Gasteiger charge is 2.22. The average molecular weight is 338 g/mol. The molecule has 2 aromatic carbocycles. The fourth-order valence-corrected chi connectivity index (χ4v) is 3.06. The van der Waals surface area contributed by atoms with Gasteiger partial charge in [0.2, 0.25) is 5.91 Å². The molecule has 0 spiro atoms. The van der Waals surface area contributed by atoms with Gasteiger partial charge in [0.1, 0.15) is 11.4 Å². The Labute approximate surface area is 147 Å². The lowest BCUT2D eigenvalue weighted by Gasteiger charge is -2.28. The Morgan fingerprint density at radius 3 is 2.80 bits per heavy atom. The minimum atomic E-state index is -0.0502. The first-order valence-corrected chi connectivity index (χ1v) is 8.40. The summed E-state index contributed by atoms with van der Waals surface area (Å²) in [4.78, 5) is 14.7. The van der Waals surface area contributed by atoms with Crippen LogP contribution in [0.3, 0.4) is 0 Å². The van der Waals surface area contributed by atoms with Gasteiger partial charge in [-0.25, -0.2) is 0 Å². The second kappa shape index (κ2) is 7.38. The predicted molar refractivity (Wildman–Crippen MR) is 96.5 cm³/mol. The van der Waals surface area contributed by atoms with Crippen molar-refractivity contribution in [2.24, 2.45) is 0 Å². The number of amides is 1. The molecule has 0 radical (unpaired) electrons. The second-order valence-electron chi connectivity index (χ2n) is 5.93. The summed E-state index contributed by atoms with van der Waals surface area (Å²) in [6.45, 7) is 4.62. The van der Waals surface area contributed by atoms with Crippen molar-refractivity contribution in [2.45, 2.75) is 26.3 Å². The predicted octanol–water partition coefficient (Wildman–Crippen LogP) is 3.99. The molecule has 0 saturated carbocycles. The third-order valence-electron chi connectivity index (χ3n) is 4.48. The van der Waals surface area contributed by atoms with Crippen molar-refractivity contribution in [3.8, 4) is 5.75 Å². The first kappa shape index (κ1) is 17.0. The Balaban J connectivity index is 1.80. The van der Waals surface area contributed by atoms with Crippen molar-refractivity contribution < 1.29 is 14.1 Å². The largest absolute Gasteiger partial charge is 0.497 e. The molecule has 0 fully saturated rings. The molecule has 3 rings (SSSR count). The maximum atomic E-state index is 12.9. The smallest absolute Gasteiger partial charge is 0.229 e. The van der Waals surface area contributed by atoms with Gasteiger partial charge in [0.05, 0.1) is 19.6 Å². The van der Waals surface area contributed by atoms with Crippen LogP contribution in [0.1, 0.15) is 31.1 Å². The van der Waals surface area contributed by atoms with E-state index in [1.54, 1.807) is 7.11 Å². The van der Waals surface area contributed by atoms with Gasteiger partial charge in [-0.3, -0.25) is 4.79 Å². The van der Waals surface area contributed by atoms with E-state index in [1.165, 1.54) is 0 Å². The molecule has 1 aromatic heterocycles. The summed E-state index contributed by atoms with van der Waals surface area (Å²) in [5.41, 5.74) is 2.42. The van der Waals surface area contributed by atoms with Crippen molar-refractivity contribution in [3.05, 3.63) is 59.8 Å². The zero-order valence-electron chi connectivity index (χ0n) is 14.7. The summed E-state index contributed by atoms with van der Waals surface area (Å²) in [6, 6.07) is 15.4. The zero-order valence-corrected chi connectivity index (χ0v) is 14.7. The van der Waals surface area contributed by atoms with E-state index in [0.29, 0.717) is 17.8 Å². The van der Waals surface area contributed by atoms with Crippen LogP contribution in [0.2, 0.25) is 0 Å². The van der Waals surface area contributed by atoms with Crippen LogP contribution in [-0.2, 0) is 11.2 Å². The molecule has 3 aromatic rings. The lowest BCUT2D eigenvalue weighted by atomic mass is 10.1. The molecule has 0 bridgehead atoms. The molecule has 1 amide bonds. The number of rotatable bonds is 6. The number of carbonyl (C=O) groups excluding carboxylic acids is 1. The van der Waals surface area contributed by atoms with E-state index in [-0.39, 0.29) is 18.4 Å². The first-order chi connectivity index (χ1) is 12.1. The van der Waals surface area contributed by atoms with Gasteiger partial charge in [-0.15, -0.1) is 0 Å². The zero-order chi connectivity index (χ0) is 17.8. The van der Waals surface area contributed by atoms with Crippen molar-refractivity contribution in [1.82, 2.24) is 10.1 Å². The van der Waals surface area contributed by atoms with E-state index in [1.807, 2.05) is 67.3 Å². The highest BCUT2D eigenvalue weighted by Crippen LogP contribution is 2.25. The lowest BCUT2D eigenvalue weighted by Crippen LogP contribution is -2.34. The highest BCUT2D eigenvalue weighted by molar-refractivity contribution is 5.86. The number of para-hydroxylation sites is 1. The first-order valence-electron chi connectivity index (χ1n) is 8.40. The van der Waals surface area contributed by atoms with Gasteiger partial charge in [0.25, 0.3) is 0 Å². The van der Waals surface area contributed by atoms with E-state index >= 15 is 0 Å². The molecular formula is C20H22N2O3. The van der Waals surface area contributed by atoms with Gasteiger partial charge in [0.15, 0.2) is 5.58 Å². The molecule has 0 N–H and O–H groups in total. The number of ether oxygens (including phenoxy) is 1. The number of benzene rings is 2. The van der Waals surface area contributed by atoms with Crippen LogP contribution >= 0.6 is 0 Å². The molecule has 0 aliphatic carbocycles. The molecule has 5 heteroatoms. The van der Waals surface area contributed by atoms with Gasteiger partial charge >= 0.3 is 0 Å². The number of hydrogen-bond donors (Lipinski definition) is 0. The molecule has 5 nitrogen and oxygen atoms in total. The summed E-state index contributed by atoms with van der Waals surface area (Å²) in [7, 11) is 1.64. The van der Waals surface area contributed by atoms with Gasteiger partial charge in [-0.1, -0.05) is 29.4 Å². The second-order valence-corrected chi connectivity index (χ2v) is 5.93. The normalized spacial score (nSPS) is 12.1. The molecule has 0 saturated heterocycles. The van der Waals surface area contributed by atoms with Crippen LogP contribution in [0.15, 0.2) is 53.1 Å². The van der Waals surface area contributed by atoms with Gasteiger partial charge in [0, 0.05) is 11.9 Å². The summed E-state index contributed by atoms with van der Waals surface area (Å²) >= 11 is 0. The number of likely N-dealkylation sites (N-methyl/N-ethyl adjacent to an activating group) is 1. The third kappa shape index (κ3) is 3.50. The highest BCUT2D eigenvalue weighted by atomic mass is 16.5. The molecule has 130 valence electrons. The Kier molecular flexibility index (Phi) is 5.03. The van der Waals surface area contributed by atoms with E-state index in [2.05, 4.69) is 5.16 Å². The van der Waals surface area contributed by atoms with Crippen LogP contribution in [0.5, 0.6) is 5.75 Å². The Bertz CT molecular complexity index is 872. The van der Waals surface area contributed by atoms with Gasteiger partial charge in [-0.2, -0.15) is 0 Å². The van der Waals surface area contributed by atoms with Crippen LogP contribution < -0.4 is 4.74 Å². The fraction of sp³-hybridized carbons (Fsp3) is 0.300. The SMILES string of the molecule is CCN(C(=O)Cc1noc2ccccc12)[C@H](C)c1cccc(OC)c1. The minimum Gasteiger partial charge on any atom is -0.497 e. The Morgan fingerprint density at radius 2 is 2.04 bits per heavy atom. The van der Waals surface area contributed by atoms with E-state index < -0.39 is 0 Å². The number of methoxy groups -OCH3 is 1. The monoisotopic (exact) mass is 338 g/mol. The van der Waals surface area contributed by atoms with Crippen molar-refractivity contribution in [3.63, 3.8) is 0 Å². The molecule has 1 atom stereocenters. The number of fused-ring (bicyclic) bond motifs is 1. The maximum Gasteiger partial charge on any atom is 0.229 e. The quantitative estimate of drug-likeness (QED) is 0.682. The third-order valence-corrected chi connectivity index (χ3v) is 4.48. The molecular weight excluding hydrogens is 316 g/mol. The van der Waals surface area contributed by atoms with Crippen molar-refractivity contribution >= 4 is 16.9 Å². The topological polar surface area (TPSA) is 55.6 Å². The van der Waals surface area contributed by atoms with E-state index in [4.69, 9.17) is 9.26 Å². The van der Waals surface area contributed by atoms with E-state index in [9.17, 15) is 4.79 Å². The molecule has 25 heavy (non-hydrogen) atoms. The van der Waals surface area contributed by atoms with Crippen molar-refractivity contribution in [2.75, 3.05) is 13.7 Å². The Hall–Kier alpha value is -2.82. The van der Waals surface area contributed by atoms with Gasteiger partial charge < -0.3 is 14.2 Å². The molecule has 0 aliphatic heterocycles. The molecule has 0 unspecified atom stereocenters. The Morgan fingerprint density at radius 1 is 1.24 bits per heavy atom.